The molecular weight excluding hydrogens is 340 g/mol. The van der Waals surface area contributed by atoms with E-state index >= 15 is 0 Å². The summed E-state index contributed by atoms with van der Waals surface area (Å²) in [6, 6.07) is 4.83. The van der Waals surface area contributed by atoms with Crippen LogP contribution in [-0.4, -0.2) is 62.6 Å². The van der Waals surface area contributed by atoms with E-state index < -0.39 is 9.84 Å². The molecule has 2 rings (SSSR count). The fourth-order valence-electron chi connectivity index (χ4n) is 2.70. The van der Waals surface area contributed by atoms with Crippen LogP contribution in [0.2, 0.25) is 5.02 Å². The van der Waals surface area contributed by atoms with Crippen molar-refractivity contribution in [3.63, 3.8) is 0 Å². The Hall–Kier alpha value is -1.31. The second-order valence-corrected chi connectivity index (χ2v) is 8.51. The second kappa shape index (κ2) is 7.07. The number of halogens is 1. The average molecular weight is 361 g/mol. The monoisotopic (exact) mass is 360 g/mol. The third kappa shape index (κ3) is 4.59. The summed E-state index contributed by atoms with van der Waals surface area (Å²) in [5, 5.41) is 3.69. The predicted octanol–water partition coefficient (Wildman–Crippen LogP) is 1.52. The van der Waals surface area contributed by atoms with Gasteiger partial charge in [0, 0.05) is 19.1 Å². The van der Waals surface area contributed by atoms with Crippen LogP contribution in [0, 0.1) is 6.92 Å². The molecule has 8 heteroatoms. The van der Waals surface area contributed by atoms with E-state index in [1.165, 1.54) is 5.01 Å². The molecule has 0 N–H and O–H groups in total. The molecule has 0 bridgehead atoms. The molecule has 128 valence electrons. The lowest BCUT2D eigenvalue weighted by molar-refractivity contribution is -0.151. The third-order valence-corrected chi connectivity index (χ3v) is 5.71. The Morgan fingerprint density at radius 3 is 2.61 bits per heavy atom. The van der Waals surface area contributed by atoms with Crippen molar-refractivity contribution in [3.05, 3.63) is 28.8 Å². The molecule has 0 unspecified atom stereocenters. The van der Waals surface area contributed by atoms with Crippen molar-refractivity contribution in [3.8, 4) is 5.75 Å². The van der Waals surface area contributed by atoms with Gasteiger partial charge in [-0.15, -0.1) is 0 Å². The maximum absolute atomic E-state index is 12.5. The van der Waals surface area contributed by atoms with Crippen molar-refractivity contribution in [2.45, 2.75) is 19.4 Å². The Bertz CT molecular complexity index is 691. The Morgan fingerprint density at radius 2 is 2.09 bits per heavy atom. The maximum Gasteiger partial charge on any atom is 0.275 e. The molecule has 0 saturated carbocycles. The van der Waals surface area contributed by atoms with E-state index in [1.54, 1.807) is 37.3 Å². The topological polar surface area (TPSA) is 66.9 Å². The van der Waals surface area contributed by atoms with Crippen molar-refractivity contribution >= 4 is 27.3 Å². The van der Waals surface area contributed by atoms with Gasteiger partial charge in [0.05, 0.1) is 17.5 Å². The zero-order valence-corrected chi connectivity index (χ0v) is 15.0. The van der Waals surface area contributed by atoms with Gasteiger partial charge >= 0.3 is 0 Å². The highest BCUT2D eigenvalue weighted by molar-refractivity contribution is 7.91. The first-order valence-corrected chi connectivity index (χ1v) is 9.48. The quantitative estimate of drug-likeness (QED) is 0.745. The number of hydrazine groups is 1. The smallest absolute Gasteiger partial charge is 0.275 e. The molecule has 1 aromatic carbocycles. The van der Waals surface area contributed by atoms with Gasteiger partial charge < -0.3 is 4.74 Å². The van der Waals surface area contributed by atoms with E-state index in [2.05, 4.69) is 0 Å². The Kier molecular flexibility index (Phi) is 5.54. The molecule has 1 saturated heterocycles. The van der Waals surface area contributed by atoms with Crippen LogP contribution in [0.15, 0.2) is 18.2 Å². The first-order chi connectivity index (χ1) is 10.7. The van der Waals surface area contributed by atoms with Crippen molar-refractivity contribution in [2.24, 2.45) is 0 Å². The van der Waals surface area contributed by atoms with E-state index in [1.807, 2.05) is 6.92 Å². The highest BCUT2D eigenvalue weighted by Crippen LogP contribution is 2.23. The van der Waals surface area contributed by atoms with E-state index in [-0.39, 0.29) is 30.1 Å². The van der Waals surface area contributed by atoms with Crippen LogP contribution < -0.4 is 4.74 Å². The van der Waals surface area contributed by atoms with Gasteiger partial charge in [-0.1, -0.05) is 11.6 Å². The summed E-state index contributed by atoms with van der Waals surface area (Å²) in [4.78, 5) is 12.5. The minimum absolute atomic E-state index is 0.00308. The lowest BCUT2D eigenvalue weighted by Crippen LogP contribution is -2.51. The van der Waals surface area contributed by atoms with Crippen LogP contribution in [0.5, 0.6) is 5.75 Å². The van der Waals surface area contributed by atoms with Crippen LogP contribution in [0.4, 0.5) is 0 Å². The third-order valence-electron chi connectivity index (χ3n) is 3.73. The minimum Gasteiger partial charge on any atom is -0.483 e. The van der Waals surface area contributed by atoms with Crippen LogP contribution in [-0.2, 0) is 14.6 Å². The van der Waals surface area contributed by atoms with Gasteiger partial charge in [-0.3, -0.25) is 9.80 Å². The normalized spacial score (nSPS) is 19.8. The van der Waals surface area contributed by atoms with Gasteiger partial charge in [0.2, 0.25) is 0 Å². The summed E-state index contributed by atoms with van der Waals surface area (Å²) in [5.74, 6) is 0.426. The van der Waals surface area contributed by atoms with Crippen molar-refractivity contribution in [1.29, 1.82) is 0 Å². The van der Waals surface area contributed by atoms with E-state index in [4.69, 9.17) is 16.3 Å². The maximum atomic E-state index is 12.5. The lowest BCUT2D eigenvalue weighted by atomic mass is 10.2. The highest BCUT2D eigenvalue weighted by atomic mass is 35.5. The first kappa shape index (κ1) is 18.0. The van der Waals surface area contributed by atoms with Crippen molar-refractivity contribution in [1.82, 2.24) is 10.0 Å². The summed E-state index contributed by atoms with van der Waals surface area (Å²) in [6.45, 7) is 1.69. The Morgan fingerprint density at radius 1 is 1.39 bits per heavy atom. The van der Waals surface area contributed by atoms with E-state index in [0.29, 0.717) is 17.2 Å². The number of rotatable bonds is 5. The molecule has 23 heavy (non-hydrogen) atoms. The number of aryl methyl sites for hydroxylation is 1. The number of carbonyl (C=O) groups is 1. The summed E-state index contributed by atoms with van der Waals surface area (Å²) >= 11 is 5.89. The predicted molar refractivity (Wildman–Crippen MR) is 89.3 cm³/mol. The van der Waals surface area contributed by atoms with Gasteiger partial charge in [-0.05, 0) is 37.1 Å². The SMILES string of the molecule is Cc1cc(Cl)ccc1OCC(=O)N([C@H]1CCS(=O)(=O)C1)N(C)C. The molecule has 0 aliphatic carbocycles. The molecule has 1 amide bonds. The molecule has 1 atom stereocenters. The number of amides is 1. The van der Waals surface area contributed by atoms with Gasteiger partial charge in [0.25, 0.3) is 5.91 Å². The molecule has 1 aliphatic rings. The van der Waals surface area contributed by atoms with E-state index in [0.717, 1.165) is 5.56 Å². The average Bonchev–Trinajstić information content (AvgIpc) is 2.77. The van der Waals surface area contributed by atoms with Crippen LogP contribution >= 0.6 is 11.6 Å². The molecule has 6 nitrogen and oxygen atoms in total. The molecule has 1 heterocycles. The highest BCUT2D eigenvalue weighted by Gasteiger charge is 2.36. The Balaban J connectivity index is 2.04. The van der Waals surface area contributed by atoms with Gasteiger partial charge in [0.1, 0.15) is 5.75 Å². The van der Waals surface area contributed by atoms with Gasteiger partial charge in [-0.25, -0.2) is 13.4 Å². The summed E-state index contributed by atoms with van der Waals surface area (Å²) < 4.78 is 28.9. The van der Waals surface area contributed by atoms with Crippen molar-refractivity contribution in [2.75, 3.05) is 32.2 Å². The molecule has 0 aromatic heterocycles. The number of nitrogens with zero attached hydrogens (tertiary/aromatic N) is 2. The number of sulfone groups is 1. The standard InChI is InChI=1S/C15H21ClN2O4S/c1-11-8-12(16)4-5-14(11)22-9-15(19)18(17(2)3)13-6-7-23(20,21)10-13/h4-5,8,13H,6-7,9-10H2,1-3H3/t13-/m0/s1. The fraction of sp³-hybridized carbons (Fsp3) is 0.533. The molecule has 0 radical (unpaired) electrons. The largest absolute Gasteiger partial charge is 0.483 e. The Labute approximate surface area is 141 Å². The van der Waals surface area contributed by atoms with Crippen LogP contribution in [0.3, 0.4) is 0 Å². The first-order valence-electron chi connectivity index (χ1n) is 7.28. The zero-order valence-electron chi connectivity index (χ0n) is 13.5. The second-order valence-electron chi connectivity index (χ2n) is 5.84. The van der Waals surface area contributed by atoms with Crippen molar-refractivity contribution < 1.29 is 17.9 Å². The number of ether oxygens (including phenoxy) is 1. The number of carbonyl (C=O) groups excluding carboxylic acids is 1. The van der Waals surface area contributed by atoms with Gasteiger partial charge in [0.15, 0.2) is 16.4 Å². The molecule has 1 aliphatic heterocycles. The number of hydrogen-bond donors (Lipinski definition) is 0. The van der Waals surface area contributed by atoms with Crippen LogP contribution in [0.1, 0.15) is 12.0 Å². The summed E-state index contributed by atoms with van der Waals surface area (Å²) in [7, 11) is 0.375. The van der Waals surface area contributed by atoms with E-state index in [9.17, 15) is 13.2 Å². The lowest BCUT2D eigenvalue weighted by Gasteiger charge is -2.33. The van der Waals surface area contributed by atoms with Crippen LogP contribution in [0.25, 0.3) is 0 Å². The number of hydrogen-bond acceptors (Lipinski definition) is 5. The molecule has 1 aromatic rings. The number of benzene rings is 1. The molecule has 0 spiro atoms. The summed E-state index contributed by atoms with van der Waals surface area (Å²) in [6.07, 6.45) is 0.451. The molecular formula is C15H21ClN2O4S. The zero-order chi connectivity index (χ0) is 17.2. The van der Waals surface area contributed by atoms with Gasteiger partial charge in [-0.2, -0.15) is 0 Å². The summed E-state index contributed by atoms with van der Waals surface area (Å²) in [5.41, 5.74) is 0.838. The minimum atomic E-state index is -3.06. The fourth-order valence-corrected chi connectivity index (χ4v) is 4.62. The molecule has 1 fully saturated rings.